The number of hydrogen-bond donors (Lipinski definition) is 0. The molecule has 0 atom stereocenters. The zero-order chi connectivity index (χ0) is 14.1. The van der Waals surface area contributed by atoms with Gasteiger partial charge in [0, 0.05) is 21.6 Å². The fraction of sp³-hybridized carbons (Fsp3) is 0.0625. The molecule has 0 saturated heterocycles. The van der Waals surface area contributed by atoms with Crippen molar-refractivity contribution in [3.8, 4) is 0 Å². The molecule has 0 aliphatic rings. The highest BCUT2D eigenvalue weighted by Gasteiger charge is 2.13. The number of fused-ring (bicyclic) bond motifs is 1. The van der Waals surface area contributed by atoms with Gasteiger partial charge < -0.3 is 4.57 Å². The zero-order valence-corrected chi connectivity index (χ0v) is 12.1. The molecule has 0 fully saturated rings. The van der Waals surface area contributed by atoms with Crippen LogP contribution in [-0.2, 0) is 6.54 Å². The Morgan fingerprint density at radius 1 is 1.10 bits per heavy atom. The molecule has 3 aromatic rings. The van der Waals surface area contributed by atoms with E-state index in [1.165, 1.54) is 12.1 Å². The second-order valence-corrected chi connectivity index (χ2v) is 5.37. The normalized spacial score (nSPS) is 10.9. The number of carbonyl (C=O) groups is 1. The van der Waals surface area contributed by atoms with Crippen LogP contribution in [-0.4, -0.2) is 10.4 Å². The van der Waals surface area contributed by atoms with E-state index in [2.05, 4.69) is 15.9 Å². The topological polar surface area (TPSA) is 22.0 Å². The van der Waals surface area contributed by atoms with Crippen LogP contribution in [0.15, 0.2) is 59.2 Å². The second kappa shape index (κ2) is 5.21. The summed E-state index contributed by atoms with van der Waals surface area (Å²) in [5.41, 5.74) is 1.08. The van der Waals surface area contributed by atoms with Gasteiger partial charge in [-0.25, -0.2) is 4.39 Å². The monoisotopic (exact) mass is 331 g/mol. The number of benzene rings is 2. The molecule has 0 bridgehead atoms. The molecule has 3 rings (SSSR count). The summed E-state index contributed by atoms with van der Waals surface area (Å²) in [6.07, 6.45) is 1.84. The third-order valence-electron chi connectivity index (χ3n) is 3.25. The van der Waals surface area contributed by atoms with Gasteiger partial charge in [-0.2, -0.15) is 0 Å². The van der Waals surface area contributed by atoms with Crippen LogP contribution in [0.3, 0.4) is 0 Å². The summed E-state index contributed by atoms with van der Waals surface area (Å²) < 4.78 is 16.4. The van der Waals surface area contributed by atoms with Crippen molar-refractivity contribution in [3.63, 3.8) is 0 Å². The van der Waals surface area contributed by atoms with E-state index in [-0.39, 0.29) is 17.9 Å². The van der Waals surface area contributed by atoms with Crippen LogP contribution in [0.5, 0.6) is 0 Å². The molecule has 1 heterocycles. The highest BCUT2D eigenvalue weighted by molar-refractivity contribution is 9.10. The highest BCUT2D eigenvalue weighted by Crippen LogP contribution is 2.25. The summed E-state index contributed by atoms with van der Waals surface area (Å²) in [4.78, 5) is 12.2. The maximum atomic E-state index is 13.6. The van der Waals surface area contributed by atoms with Crippen LogP contribution in [0.4, 0.5) is 4.39 Å². The maximum Gasteiger partial charge on any atom is 0.185 e. The molecule has 4 heteroatoms. The number of carbonyl (C=O) groups excluding carboxylic acids is 1. The third kappa shape index (κ3) is 2.27. The van der Waals surface area contributed by atoms with Gasteiger partial charge in [-0.05, 0) is 30.3 Å². The fourth-order valence-electron chi connectivity index (χ4n) is 2.25. The number of nitrogens with zero attached hydrogens (tertiary/aromatic N) is 1. The summed E-state index contributed by atoms with van der Waals surface area (Å²) in [7, 11) is 0. The lowest BCUT2D eigenvalue weighted by Gasteiger charge is -2.06. The quantitative estimate of drug-likeness (QED) is 0.651. The minimum Gasteiger partial charge on any atom is -0.340 e. The van der Waals surface area contributed by atoms with Gasteiger partial charge in [0.1, 0.15) is 5.82 Å². The van der Waals surface area contributed by atoms with E-state index < -0.39 is 5.82 Å². The lowest BCUT2D eigenvalue weighted by Crippen LogP contribution is -2.11. The molecule has 0 spiro atoms. The van der Waals surface area contributed by atoms with Crippen molar-refractivity contribution in [1.29, 1.82) is 0 Å². The van der Waals surface area contributed by atoms with Crippen molar-refractivity contribution in [2.24, 2.45) is 0 Å². The maximum absolute atomic E-state index is 13.6. The number of ketones is 1. The molecule has 0 saturated carbocycles. The average Bonchev–Trinajstić information content (AvgIpc) is 2.84. The van der Waals surface area contributed by atoms with Crippen molar-refractivity contribution >= 4 is 32.6 Å². The van der Waals surface area contributed by atoms with Gasteiger partial charge in [-0.1, -0.05) is 34.1 Å². The van der Waals surface area contributed by atoms with Crippen LogP contribution in [0.25, 0.3) is 10.9 Å². The molecule has 2 nitrogen and oxygen atoms in total. The van der Waals surface area contributed by atoms with Crippen molar-refractivity contribution in [3.05, 3.63) is 70.6 Å². The predicted molar refractivity (Wildman–Crippen MR) is 80.4 cm³/mol. The van der Waals surface area contributed by atoms with Gasteiger partial charge >= 0.3 is 0 Å². The van der Waals surface area contributed by atoms with Crippen molar-refractivity contribution in [2.75, 3.05) is 0 Å². The van der Waals surface area contributed by atoms with Gasteiger partial charge in [-0.15, -0.1) is 0 Å². The molecule has 0 aliphatic carbocycles. The number of halogens is 2. The minimum absolute atomic E-state index is 0.126. The summed E-state index contributed by atoms with van der Waals surface area (Å²) in [5, 5.41) is 1.04. The first-order valence-electron chi connectivity index (χ1n) is 6.18. The van der Waals surface area contributed by atoms with E-state index >= 15 is 0 Å². The van der Waals surface area contributed by atoms with E-state index in [1.54, 1.807) is 12.1 Å². The Kier molecular flexibility index (Phi) is 3.40. The van der Waals surface area contributed by atoms with E-state index in [4.69, 9.17) is 0 Å². The van der Waals surface area contributed by atoms with Gasteiger partial charge in [0.05, 0.1) is 12.1 Å². The van der Waals surface area contributed by atoms with Gasteiger partial charge in [-0.3, -0.25) is 4.79 Å². The van der Waals surface area contributed by atoms with Gasteiger partial charge in [0.15, 0.2) is 5.78 Å². The molecule has 2 aromatic carbocycles. The third-order valence-corrected chi connectivity index (χ3v) is 3.94. The fourth-order valence-corrected chi connectivity index (χ4v) is 2.74. The van der Waals surface area contributed by atoms with Gasteiger partial charge in [0.2, 0.25) is 0 Å². The van der Waals surface area contributed by atoms with Crippen LogP contribution in [0, 0.1) is 5.82 Å². The van der Waals surface area contributed by atoms with Crippen LogP contribution in [0.1, 0.15) is 10.4 Å². The molecule has 0 aliphatic heterocycles. The molecule has 20 heavy (non-hydrogen) atoms. The number of Topliss-reactive ketones (excluding diaryl/α,β-unsaturated/α-hetero) is 1. The lowest BCUT2D eigenvalue weighted by atomic mass is 10.1. The summed E-state index contributed by atoms with van der Waals surface area (Å²) >= 11 is 3.47. The SMILES string of the molecule is O=C(Cn1ccc2c(Br)cccc21)c1ccccc1F. The summed E-state index contributed by atoms with van der Waals surface area (Å²) in [6, 6.07) is 13.8. The predicted octanol–water partition coefficient (Wildman–Crippen LogP) is 4.43. The number of aromatic nitrogens is 1. The molecule has 0 amide bonds. The highest BCUT2D eigenvalue weighted by atomic mass is 79.9. The molecule has 0 N–H and O–H groups in total. The zero-order valence-electron chi connectivity index (χ0n) is 10.5. The lowest BCUT2D eigenvalue weighted by molar-refractivity contribution is 0.0969. The molecular weight excluding hydrogens is 321 g/mol. The molecule has 1 aromatic heterocycles. The van der Waals surface area contributed by atoms with Crippen LogP contribution >= 0.6 is 15.9 Å². The minimum atomic E-state index is -0.477. The largest absolute Gasteiger partial charge is 0.340 e. The van der Waals surface area contributed by atoms with E-state index in [0.29, 0.717) is 0 Å². The Hall–Kier alpha value is -1.94. The number of hydrogen-bond acceptors (Lipinski definition) is 1. The van der Waals surface area contributed by atoms with Crippen molar-refractivity contribution in [1.82, 2.24) is 4.57 Å². The Balaban J connectivity index is 1.96. The first kappa shape index (κ1) is 13.1. The molecule has 0 unspecified atom stereocenters. The Morgan fingerprint density at radius 3 is 2.70 bits per heavy atom. The van der Waals surface area contributed by atoms with Gasteiger partial charge in [0.25, 0.3) is 0 Å². The molecule has 0 radical (unpaired) electrons. The Bertz CT molecular complexity index is 794. The standard InChI is InChI=1S/C16H11BrFNO/c17-13-5-3-7-15-11(13)8-9-19(15)10-16(20)12-4-1-2-6-14(12)18/h1-9H,10H2. The second-order valence-electron chi connectivity index (χ2n) is 4.52. The van der Waals surface area contributed by atoms with Crippen LogP contribution in [0.2, 0.25) is 0 Å². The first-order chi connectivity index (χ1) is 9.66. The van der Waals surface area contributed by atoms with Crippen molar-refractivity contribution < 1.29 is 9.18 Å². The van der Waals surface area contributed by atoms with Crippen LogP contribution < -0.4 is 0 Å². The Labute approximate surface area is 124 Å². The Morgan fingerprint density at radius 2 is 1.90 bits per heavy atom. The molecular formula is C16H11BrFNO. The smallest absolute Gasteiger partial charge is 0.185 e. The summed E-state index contributed by atoms with van der Waals surface area (Å²) in [6.45, 7) is 0.126. The van der Waals surface area contributed by atoms with E-state index in [1.807, 2.05) is 35.0 Å². The summed E-state index contributed by atoms with van der Waals surface area (Å²) in [5.74, 6) is -0.712. The van der Waals surface area contributed by atoms with E-state index in [0.717, 1.165) is 15.4 Å². The molecule has 100 valence electrons. The van der Waals surface area contributed by atoms with E-state index in [9.17, 15) is 9.18 Å². The number of rotatable bonds is 3. The average molecular weight is 332 g/mol. The van der Waals surface area contributed by atoms with Crippen molar-refractivity contribution in [2.45, 2.75) is 6.54 Å². The first-order valence-corrected chi connectivity index (χ1v) is 6.97.